The predicted molar refractivity (Wildman–Crippen MR) is 34.9 cm³/mol. The number of alkyl halides is 3. The molecule has 0 saturated carbocycles. The van der Waals surface area contributed by atoms with E-state index in [0.717, 1.165) is 6.42 Å². The van der Waals surface area contributed by atoms with Gasteiger partial charge in [-0.15, -0.1) is 0 Å². The highest BCUT2D eigenvalue weighted by molar-refractivity contribution is 4.49. The molecule has 0 bridgehead atoms. The maximum Gasteiger partial charge on any atom is 0.413 e. The smallest absolute Gasteiger partial charge is 0.292 e. The van der Waals surface area contributed by atoms with Crippen LogP contribution in [0.1, 0.15) is 20.3 Å². The van der Waals surface area contributed by atoms with Crippen LogP contribution in [0.4, 0.5) is 13.2 Å². The van der Waals surface area contributed by atoms with Gasteiger partial charge in [-0.05, 0) is 13.3 Å². The Morgan fingerprint density at radius 2 is 2.00 bits per heavy atom. The van der Waals surface area contributed by atoms with Crippen molar-refractivity contribution in [1.29, 1.82) is 0 Å². The highest BCUT2D eigenvalue weighted by Crippen LogP contribution is 2.13. The molecular weight excluding hydrogens is 159 g/mol. The van der Waals surface area contributed by atoms with Crippen molar-refractivity contribution in [3.63, 3.8) is 0 Å². The summed E-state index contributed by atoms with van der Waals surface area (Å²) in [5, 5.41) is 0. The Morgan fingerprint density at radius 1 is 1.45 bits per heavy atom. The summed E-state index contributed by atoms with van der Waals surface area (Å²) in [7, 11) is 0. The molecule has 11 heavy (non-hydrogen) atoms. The molecule has 1 atom stereocenters. The highest BCUT2D eigenvalue weighted by Gasteiger charge is 2.27. The summed E-state index contributed by atoms with van der Waals surface area (Å²) in [6.07, 6.45) is -3.52. The standard InChI is InChI=1S/C6H12F3NO/c1-3-5(2)10-11-4-6(7,8)9/h5,10H,3-4H2,1-2H3. The lowest BCUT2D eigenvalue weighted by Gasteiger charge is -2.12. The van der Waals surface area contributed by atoms with Crippen molar-refractivity contribution in [1.82, 2.24) is 5.48 Å². The van der Waals surface area contributed by atoms with Gasteiger partial charge in [0.25, 0.3) is 0 Å². The van der Waals surface area contributed by atoms with Crippen LogP contribution in [0.3, 0.4) is 0 Å². The molecule has 5 heteroatoms. The summed E-state index contributed by atoms with van der Waals surface area (Å²) >= 11 is 0. The molecule has 0 amide bonds. The van der Waals surface area contributed by atoms with Gasteiger partial charge in [0.15, 0.2) is 6.61 Å². The third-order valence-corrected chi connectivity index (χ3v) is 1.13. The van der Waals surface area contributed by atoms with Crippen molar-refractivity contribution in [2.24, 2.45) is 0 Å². The Morgan fingerprint density at radius 3 is 2.36 bits per heavy atom. The van der Waals surface area contributed by atoms with Crippen LogP contribution in [0.5, 0.6) is 0 Å². The molecule has 0 heterocycles. The van der Waals surface area contributed by atoms with E-state index in [-0.39, 0.29) is 6.04 Å². The molecule has 0 aromatic rings. The lowest BCUT2D eigenvalue weighted by atomic mass is 10.3. The van der Waals surface area contributed by atoms with Crippen molar-refractivity contribution in [3.8, 4) is 0 Å². The maximum atomic E-state index is 11.4. The normalized spacial score (nSPS) is 15.0. The quantitative estimate of drug-likeness (QED) is 0.652. The average Bonchev–Trinajstić information content (AvgIpc) is 1.85. The predicted octanol–water partition coefficient (Wildman–Crippen LogP) is 1.87. The van der Waals surface area contributed by atoms with Crippen LogP contribution in [0.25, 0.3) is 0 Å². The van der Waals surface area contributed by atoms with Gasteiger partial charge in [0.2, 0.25) is 0 Å². The van der Waals surface area contributed by atoms with Crippen LogP contribution in [-0.4, -0.2) is 18.8 Å². The number of rotatable bonds is 4. The summed E-state index contributed by atoms with van der Waals surface area (Å²) in [4.78, 5) is 4.18. The van der Waals surface area contributed by atoms with Gasteiger partial charge in [-0.2, -0.15) is 18.7 Å². The summed E-state index contributed by atoms with van der Waals surface area (Å²) in [5.74, 6) is 0. The lowest BCUT2D eigenvalue weighted by Crippen LogP contribution is -2.30. The van der Waals surface area contributed by atoms with Crippen molar-refractivity contribution < 1.29 is 18.0 Å². The van der Waals surface area contributed by atoms with Gasteiger partial charge in [-0.3, -0.25) is 4.84 Å². The Balaban J connectivity index is 3.28. The van der Waals surface area contributed by atoms with Gasteiger partial charge >= 0.3 is 6.18 Å². The van der Waals surface area contributed by atoms with Gasteiger partial charge in [-0.25, -0.2) is 0 Å². The number of nitrogens with one attached hydrogen (secondary N) is 1. The minimum absolute atomic E-state index is 0.0441. The van der Waals surface area contributed by atoms with Crippen molar-refractivity contribution in [2.75, 3.05) is 6.61 Å². The average molecular weight is 171 g/mol. The Bertz CT molecular complexity index is 104. The lowest BCUT2D eigenvalue weighted by molar-refractivity contribution is -0.192. The molecular formula is C6H12F3NO. The van der Waals surface area contributed by atoms with E-state index >= 15 is 0 Å². The fourth-order valence-corrected chi connectivity index (χ4v) is 0.349. The topological polar surface area (TPSA) is 21.3 Å². The van der Waals surface area contributed by atoms with Crippen LogP contribution < -0.4 is 5.48 Å². The summed E-state index contributed by atoms with van der Waals surface area (Å²) in [6, 6.07) is -0.0441. The van der Waals surface area contributed by atoms with E-state index in [0.29, 0.717) is 0 Å². The van der Waals surface area contributed by atoms with E-state index < -0.39 is 12.8 Å². The van der Waals surface area contributed by atoms with Gasteiger partial charge in [0, 0.05) is 6.04 Å². The molecule has 68 valence electrons. The first-order valence-electron chi connectivity index (χ1n) is 3.39. The number of hydrogen-bond donors (Lipinski definition) is 1. The molecule has 0 aliphatic heterocycles. The number of halogens is 3. The van der Waals surface area contributed by atoms with Crippen molar-refractivity contribution in [3.05, 3.63) is 0 Å². The molecule has 0 fully saturated rings. The van der Waals surface area contributed by atoms with Gasteiger partial charge in [-0.1, -0.05) is 6.92 Å². The second-order valence-corrected chi connectivity index (χ2v) is 2.33. The third-order valence-electron chi connectivity index (χ3n) is 1.13. The molecule has 0 saturated heterocycles. The van der Waals surface area contributed by atoms with Crippen LogP contribution >= 0.6 is 0 Å². The van der Waals surface area contributed by atoms with Crippen LogP contribution in [-0.2, 0) is 4.84 Å². The Kier molecular flexibility index (Phi) is 4.44. The van der Waals surface area contributed by atoms with E-state index in [9.17, 15) is 13.2 Å². The summed E-state index contributed by atoms with van der Waals surface area (Å²) < 4.78 is 34.3. The van der Waals surface area contributed by atoms with Gasteiger partial charge in [0.1, 0.15) is 0 Å². The monoisotopic (exact) mass is 171 g/mol. The molecule has 2 nitrogen and oxygen atoms in total. The second-order valence-electron chi connectivity index (χ2n) is 2.33. The van der Waals surface area contributed by atoms with E-state index in [1.165, 1.54) is 0 Å². The number of hydrogen-bond acceptors (Lipinski definition) is 2. The fourth-order valence-electron chi connectivity index (χ4n) is 0.349. The first-order chi connectivity index (χ1) is 4.95. The van der Waals surface area contributed by atoms with E-state index in [1.54, 1.807) is 6.92 Å². The van der Waals surface area contributed by atoms with E-state index in [1.807, 2.05) is 6.92 Å². The van der Waals surface area contributed by atoms with Gasteiger partial charge in [0.05, 0.1) is 0 Å². The summed E-state index contributed by atoms with van der Waals surface area (Å²) in [5.41, 5.74) is 2.27. The number of hydroxylamine groups is 1. The van der Waals surface area contributed by atoms with Crippen LogP contribution in [0.2, 0.25) is 0 Å². The largest absolute Gasteiger partial charge is 0.413 e. The second kappa shape index (κ2) is 4.56. The zero-order valence-electron chi connectivity index (χ0n) is 6.53. The Labute approximate surface area is 63.7 Å². The first-order valence-corrected chi connectivity index (χ1v) is 3.39. The molecule has 0 aromatic carbocycles. The third kappa shape index (κ3) is 7.61. The summed E-state index contributed by atoms with van der Waals surface area (Å²) in [6.45, 7) is 2.36. The molecule has 1 unspecified atom stereocenters. The highest BCUT2D eigenvalue weighted by atomic mass is 19.4. The molecule has 0 aromatic heterocycles. The van der Waals surface area contributed by atoms with E-state index in [2.05, 4.69) is 10.3 Å². The van der Waals surface area contributed by atoms with E-state index in [4.69, 9.17) is 0 Å². The maximum absolute atomic E-state index is 11.4. The molecule has 0 spiro atoms. The molecule has 0 aliphatic carbocycles. The van der Waals surface area contributed by atoms with Crippen molar-refractivity contribution >= 4 is 0 Å². The molecule has 1 N–H and O–H groups in total. The minimum Gasteiger partial charge on any atom is -0.292 e. The van der Waals surface area contributed by atoms with Gasteiger partial charge < -0.3 is 0 Å². The zero-order valence-corrected chi connectivity index (χ0v) is 6.53. The first kappa shape index (κ1) is 10.7. The molecule has 0 radical (unpaired) electrons. The molecule has 0 rings (SSSR count). The molecule has 0 aliphatic rings. The Hall–Kier alpha value is -0.290. The van der Waals surface area contributed by atoms with Crippen LogP contribution in [0.15, 0.2) is 0 Å². The van der Waals surface area contributed by atoms with Crippen LogP contribution in [0, 0.1) is 0 Å². The SMILES string of the molecule is CCC(C)NOCC(F)(F)F. The zero-order chi connectivity index (χ0) is 8.91. The fraction of sp³-hybridized carbons (Fsp3) is 1.00. The van der Waals surface area contributed by atoms with Crippen molar-refractivity contribution in [2.45, 2.75) is 32.5 Å². The minimum atomic E-state index is -4.25.